The summed E-state index contributed by atoms with van der Waals surface area (Å²) in [5.74, 6) is 0.275. The molecule has 102 valence electrons. The number of fused-ring (bicyclic) bond motifs is 1. The summed E-state index contributed by atoms with van der Waals surface area (Å²) in [6, 6.07) is 0.198. The summed E-state index contributed by atoms with van der Waals surface area (Å²) < 4.78 is 12.5. The molecule has 1 aliphatic rings. The number of aromatic nitrogens is 4. The minimum absolute atomic E-state index is 0.0174. The fourth-order valence-corrected chi connectivity index (χ4v) is 2.25. The molecule has 19 heavy (non-hydrogen) atoms. The molecule has 1 saturated heterocycles. The van der Waals surface area contributed by atoms with Crippen LogP contribution in [-0.2, 0) is 4.74 Å². The van der Waals surface area contributed by atoms with Crippen molar-refractivity contribution in [2.75, 3.05) is 19.5 Å². The van der Waals surface area contributed by atoms with Gasteiger partial charge in [0.2, 0.25) is 0 Å². The number of methoxy groups -OCH3 is 1. The number of hydrogen-bond donors (Lipinski definition) is 2. The minimum Gasteiger partial charge on any atom is -0.467 e. The van der Waals surface area contributed by atoms with Crippen LogP contribution in [0.15, 0.2) is 6.33 Å². The highest BCUT2D eigenvalue weighted by Gasteiger charge is 2.28. The van der Waals surface area contributed by atoms with Crippen molar-refractivity contribution in [3.63, 3.8) is 0 Å². The van der Waals surface area contributed by atoms with Crippen molar-refractivity contribution in [2.45, 2.75) is 25.2 Å². The summed E-state index contributed by atoms with van der Waals surface area (Å²) in [6.45, 7) is 0.0174. The fourth-order valence-electron chi connectivity index (χ4n) is 2.25. The molecule has 3 N–H and O–H groups in total. The van der Waals surface area contributed by atoms with Gasteiger partial charge in [0.25, 0.3) is 0 Å². The molecule has 2 atom stereocenters. The summed E-state index contributed by atoms with van der Waals surface area (Å²) >= 11 is 0. The number of ether oxygens (including phenoxy) is 2. The highest BCUT2D eigenvalue weighted by molar-refractivity contribution is 5.81. The molecule has 3 heterocycles. The third-order valence-corrected chi connectivity index (χ3v) is 3.21. The van der Waals surface area contributed by atoms with Crippen molar-refractivity contribution in [3.8, 4) is 6.01 Å². The average Bonchev–Trinajstić information content (AvgIpc) is 3.04. The summed E-state index contributed by atoms with van der Waals surface area (Å²) in [5, 5.41) is 9.11. The maximum atomic E-state index is 9.11. The van der Waals surface area contributed by atoms with Crippen LogP contribution in [0.1, 0.15) is 19.1 Å². The Labute approximate surface area is 109 Å². The van der Waals surface area contributed by atoms with E-state index in [2.05, 4.69) is 15.0 Å². The van der Waals surface area contributed by atoms with Crippen LogP contribution >= 0.6 is 0 Å². The molecule has 2 aromatic heterocycles. The third-order valence-electron chi connectivity index (χ3n) is 3.21. The minimum atomic E-state index is -0.193. The highest BCUT2D eigenvalue weighted by atomic mass is 16.5. The molecule has 0 saturated carbocycles. The predicted octanol–water partition coefficient (Wildman–Crippen LogP) is 0.0870. The van der Waals surface area contributed by atoms with Crippen LogP contribution in [0.4, 0.5) is 5.82 Å². The van der Waals surface area contributed by atoms with E-state index in [0.717, 1.165) is 12.8 Å². The maximum Gasteiger partial charge on any atom is 0.320 e. The summed E-state index contributed by atoms with van der Waals surface area (Å²) in [7, 11) is 1.48. The number of imidazole rings is 1. The number of rotatable bonds is 3. The molecule has 1 aliphatic heterocycles. The first-order valence-electron chi connectivity index (χ1n) is 6.03. The van der Waals surface area contributed by atoms with Gasteiger partial charge in [-0.15, -0.1) is 0 Å². The molecule has 8 heteroatoms. The molecule has 3 rings (SSSR count). The number of nitrogens with zero attached hydrogens (tertiary/aromatic N) is 4. The van der Waals surface area contributed by atoms with Crippen LogP contribution < -0.4 is 10.5 Å². The van der Waals surface area contributed by atoms with Crippen molar-refractivity contribution in [1.82, 2.24) is 19.5 Å². The Kier molecular flexibility index (Phi) is 2.96. The van der Waals surface area contributed by atoms with E-state index in [0.29, 0.717) is 11.2 Å². The van der Waals surface area contributed by atoms with Gasteiger partial charge in [-0.1, -0.05) is 0 Å². The Hall–Kier alpha value is -1.93. The lowest BCUT2D eigenvalue weighted by Crippen LogP contribution is -2.14. The summed E-state index contributed by atoms with van der Waals surface area (Å²) in [4.78, 5) is 12.4. The van der Waals surface area contributed by atoms with Gasteiger partial charge in [0.1, 0.15) is 6.23 Å². The quantitative estimate of drug-likeness (QED) is 0.809. The Balaban J connectivity index is 2.02. The lowest BCUT2D eigenvalue weighted by molar-refractivity contribution is -0.0207. The van der Waals surface area contributed by atoms with Crippen LogP contribution in [0.3, 0.4) is 0 Å². The van der Waals surface area contributed by atoms with Crippen molar-refractivity contribution < 1.29 is 14.6 Å². The largest absolute Gasteiger partial charge is 0.467 e. The number of nitrogens with two attached hydrogens (primary N) is 1. The van der Waals surface area contributed by atoms with Crippen molar-refractivity contribution in [2.24, 2.45) is 0 Å². The van der Waals surface area contributed by atoms with Gasteiger partial charge >= 0.3 is 6.01 Å². The Morgan fingerprint density at radius 1 is 1.53 bits per heavy atom. The van der Waals surface area contributed by atoms with Crippen molar-refractivity contribution >= 4 is 17.0 Å². The van der Waals surface area contributed by atoms with Gasteiger partial charge in [0.15, 0.2) is 17.0 Å². The molecule has 2 aromatic rings. The topological polar surface area (TPSA) is 108 Å². The molecule has 0 aliphatic carbocycles. The van der Waals surface area contributed by atoms with Crippen molar-refractivity contribution in [3.05, 3.63) is 6.33 Å². The van der Waals surface area contributed by atoms with Crippen LogP contribution in [0.2, 0.25) is 0 Å². The third kappa shape index (κ3) is 1.98. The van der Waals surface area contributed by atoms with Gasteiger partial charge in [-0.25, -0.2) is 4.98 Å². The van der Waals surface area contributed by atoms with Gasteiger partial charge in [-0.3, -0.25) is 4.57 Å². The zero-order valence-corrected chi connectivity index (χ0v) is 10.5. The molecule has 1 fully saturated rings. The molecule has 0 bridgehead atoms. The fraction of sp³-hybridized carbons (Fsp3) is 0.545. The molecular weight excluding hydrogens is 250 g/mol. The van der Waals surface area contributed by atoms with E-state index >= 15 is 0 Å². The van der Waals surface area contributed by atoms with E-state index in [1.165, 1.54) is 7.11 Å². The summed E-state index contributed by atoms with van der Waals surface area (Å²) in [6.07, 6.45) is 2.89. The molecule has 0 radical (unpaired) electrons. The Morgan fingerprint density at radius 3 is 3.05 bits per heavy atom. The van der Waals surface area contributed by atoms with Gasteiger partial charge in [-0.2, -0.15) is 9.97 Å². The highest BCUT2D eigenvalue weighted by Crippen LogP contribution is 2.31. The second-order valence-corrected chi connectivity index (χ2v) is 4.39. The molecule has 8 nitrogen and oxygen atoms in total. The monoisotopic (exact) mass is 265 g/mol. The first kappa shape index (κ1) is 12.1. The normalized spacial score (nSPS) is 23.1. The van der Waals surface area contributed by atoms with Crippen molar-refractivity contribution in [1.29, 1.82) is 0 Å². The van der Waals surface area contributed by atoms with Gasteiger partial charge in [0, 0.05) is 0 Å². The number of aliphatic hydroxyl groups is 1. The van der Waals surface area contributed by atoms with E-state index < -0.39 is 0 Å². The van der Waals surface area contributed by atoms with Crippen LogP contribution in [-0.4, -0.2) is 44.4 Å². The summed E-state index contributed by atoms with van der Waals surface area (Å²) in [5.41, 5.74) is 6.91. The van der Waals surface area contributed by atoms with E-state index in [1.54, 1.807) is 10.9 Å². The SMILES string of the molecule is COc1nc(N)c2ncn([C@H]3CC[C@@H](CO)O3)c2n1. The molecule has 0 unspecified atom stereocenters. The second-order valence-electron chi connectivity index (χ2n) is 4.39. The van der Waals surface area contributed by atoms with Crippen LogP contribution in [0.25, 0.3) is 11.2 Å². The average molecular weight is 265 g/mol. The number of anilines is 1. The predicted molar refractivity (Wildman–Crippen MR) is 66.5 cm³/mol. The second kappa shape index (κ2) is 4.63. The first-order chi connectivity index (χ1) is 9.22. The smallest absolute Gasteiger partial charge is 0.320 e. The zero-order valence-electron chi connectivity index (χ0n) is 10.5. The van der Waals surface area contributed by atoms with E-state index in [9.17, 15) is 0 Å². The number of hydrogen-bond acceptors (Lipinski definition) is 7. The zero-order chi connectivity index (χ0) is 13.4. The number of aliphatic hydroxyl groups excluding tert-OH is 1. The van der Waals surface area contributed by atoms with Gasteiger partial charge in [-0.05, 0) is 12.8 Å². The Morgan fingerprint density at radius 2 is 2.37 bits per heavy atom. The molecular formula is C11H15N5O3. The Bertz CT molecular complexity index is 599. The van der Waals surface area contributed by atoms with Gasteiger partial charge < -0.3 is 20.3 Å². The number of nitrogen functional groups attached to an aromatic ring is 1. The maximum absolute atomic E-state index is 9.11. The van der Waals surface area contributed by atoms with E-state index in [-0.39, 0.29) is 30.8 Å². The standard InChI is InChI=1S/C11H15N5O3/c1-18-11-14-9(12)8-10(15-11)16(5-13-8)7-3-2-6(4-17)19-7/h5-7,17H,2-4H2,1H3,(H2,12,14,15)/t6-,7+/m0/s1. The lowest BCUT2D eigenvalue weighted by atomic mass is 10.2. The van der Waals surface area contributed by atoms with Gasteiger partial charge in [0.05, 0.1) is 26.1 Å². The molecule has 0 amide bonds. The molecule has 0 spiro atoms. The van der Waals surface area contributed by atoms with E-state index in [4.69, 9.17) is 20.3 Å². The van der Waals surface area contributed by atoms with E-state index in [1.807, 2.05) is 0 Å². The molecule has 0 aromatic carbocycles. The van der Waals surface area contributed by atoms with Crippen LogP contribution in [0.5, 0.6) is 6.01 Å². The van der Waals surface area contributed by atoms with Crippen LogP contribution in [0, 0.1) is 0 Å². The first-order valence-corrected chi connectivity index (χ1v) is 6.03. The lowest BCUT2D eigenvalue weighted by Gasteiger charge is -2.14.